The van der Waals surface area contributed by atoms with E-state index in [-0.39, 0.29) is 22.5 Å². The lowest BCUT2D eigenvalue weighted by Crippen LogP contribution is -2.36. The summed E-state index contributed by atoms with van der Waals surface area (Å²) in [5, 5.41) is 7.28. The fraction of sp³-hybridized carbons (Fsp3) is 0.308. The molecule has 0 aliphatic carbocycles. The maximum absolute atomic E-state index is 13.0. The van der Waals surface area contributed by atoms with E-state index in [4.69, 9.17) is 11.6 Å². The molecule has 1 aromatic heterocycles. The average molecular weight is 363 g/mol. The Kier molecular flexibility index (Phi) is 5.01. The van der Waals surface area contributed by atoms with E-state index in [1.165, 1.54) is 15.2 Å². The van der Waals surface area contributed by atoms with Crippen LogP contribution in [0.25, 0.3) is 0 Å². The lowest BCUT2D eigenvalue weighted by Gasteiger charge is -2.24. The standard InChI is InChI=1S/C13H15ClN4O2S.ClH/c1-17-13(11(14)9-16-17)21(19,20)18-7-6-15-8-10-4-2-3-5-12(10)18;/h2-5,9,15H,6-8H2,1H3;1H. The van der Waals surface area contributed by atoms with Crippen LogP contribution >= 0.6 is 24.0 Å². The molecule has 0 unspecified atom stereocenters. The zero-order valence-electron chi connectivity index (χ0n) is 11.9. The molecule has 1 aliphatic rings. The van der Waals surface area contributed by atoms with Crippen molar-refractivity contribution in [2.24, 2.45) is 7.05 Å². The van der Waals surface area contributed by atoms with Crippen molar-refractivity contribution >= 4 is 39.7 Å². The van der Waals surface area contributed by atoms with Gasteiger partial charge in [-0.15, -0.1) is 12.4 Å². The van der Waals surface area contributed by atoms with Crippen LogP contribution in [0.1, 0.15) is 5.56 Å². The molecule has 120 valence electrons. The van der Waals surface area contributed by atoms with Crippen LogP contribution < -0.4 is 9.62 Å². The maximum Gasteiger partial charge on any atom is 0.283 e. The Morgan fingerprint density at radius 2 is 2.05 bits per heavy atom. The van der Waals surface area contributed by atoms with Crippen molar-refractivity contribution in [3.8, 4) is 0 Å². The number of nitrogens with zero attached hydrogens (tertiary/aromatic N) is 3. The summed E-state index contributed by atoms with van der Waals surface area (Å²) in [4.78, 5) is 0. The van der Waals surface area contributed by atoms with Gasteiger partial charge in [-0.05, 0) is 11.6 Å². The maximum atomic E-state index is 13.0. The van der Waals surface area contributed by atoms with Crippen molar-refractivity contribution in [1.82, 2.24) is 15.1 Å². The first kappa shape index (κ1) is 17.1. The molecule has 0 saturated carbocycles. The van der Waals surface area contributed by atoms with E-state index in [2.05, 4.69) is 10.4 Å². The summed E-state index contributed by atoms with van der Waals surface area (Å²) >= 11 is 6.01. The zero-order valence-corrected chi connectivity index (χ0v) is 14.2. The van der Waals surface area contributed by atoms with Crippen LogP contribution in [0, 0.1) is 0 Å². The largest absolute Gasteiger partial charge is 0.311 e. The van der Waals surface area contributed by atoms with Crippen LogP contribution in [0.5, 0.6) is 0 Å². The number of rotatable bonds is 2. The zero-order chi connectivity index (χ0) is 15.0. The highest BCUT2D eigenvalue weighted by Gasteiger charge is 2.32. The number of sulfonamides is 1. The van der Waals surface area contributed by atoms with Crippen LogP contribution in [0.3, 0.4) is 0 Å². The predicted molar refractivity (Wildman–Crippen MR) is 88.1 cm³/mol. The number of halogens is 2. The van der Waals surface area contributed by atoms with Crippen LogP contribution in [0.2, 0.25) is 5.02 Å². The summed E-state index contributed by atoms with van der Waals surface area (Å²) < 4.78 is 28.6. The Morgan fingerprint density at radius 3 is 2.73 bits per heavy atom. The second-order valence-corrected chi connectivity index (χ2v) is 6.99. The third-order valence-electron chi connectivity index (χ3n) is 3.44. The summed E-state index contributed by atoms with van der Waals surface area (Å²) in [6.45, 7) is 1.56. The SMILES string of the molecule is Cl.Cn1ncc(Cl)c1S(=O)(=O)N1CCNCc2ccccc21. The van der Waals surface area contributed by atoms with Crippen LogP contribution in [-0.2, 0) is 23.6 Å². The topological polar surface area (TPSA) is 67.2 Å². The monoisotopic (exact) mass is 362 g/mol. The molecule has 1 N–H and O–H groups in total. The predicted octanol–water partition coefficient (Wildman–Crippen LogP) is 1.79. The number of fused-ring (bicyclic) bond motifs is 1. The minimum Gasteiger partial charge on any atom is -0.311 e. The molecule has 1 aromatic carbocycles. The Hall–Kier alpha value is -1.28. The molecular weight excluding hydrogens is 347 g/mol. The van der Waals surface area contributed by atoms with Gasteiger partial charge in [0.25, 0.3) is 10.0 Å². The molecule has 1 aliphatic heterocycles. The van der Waals surface area contributed by atoms with Crippen molar-refractivity contribution in [2.75, 3.05) is 17.4 Å². The van der Waals surface area contributed by atoms with Crippen molar-refractivity contribution in [1.29, 1.82) is 0 Å². The lowest BCUT2D eigenvalue weighted by atomic mass is 10.2. The highest BCUT2D eigenvalue weighted by Crippen LogP contribution is 2.30. The van der Waals surface area contributed by atoms with Gasteiger partial charge in [-0.3, -0.25) is 8.99 Å². The number of hydrogen-bond acceptors (Lipinski definition) is 4. The normalized spacial score (nSPS) is 14.9. The van der Waals surface area contributed by atoms with Gasteiger partial charge in [0.15, 0.2) is 5.03 Å². The Balaban J connectivity index is 0.00000176. The average Bonchev–Trinajstić information content (AvgIpc) is 2.68. The highest BCUT2D eigenvalue weighted by molar-refractivity contribution is 7.92. The van der Waals surface area contributed by atoms with Gasteiger partial charge in [0.2, 0.25) is 0 Å². The molecule has 0 amide bonds. The van der Waals surface area contributed by atoms with Gasteiger partial charge >= 0.3 is 0 Å². The Bertz CT molecular complexity index is 757. The number of nitrogens with one attached hydrogen (secondary N) is 1. The molecule has 3 rings (SSSR count). The highest BCUT2D eigenvalue weighted by atomic mass is 35.5. The van der Waals surface area contributed by atoms with Crippen LogP contribution in [-0.4, -0.2) is 31.3 Å². The van der Waals surface area contributed by atoms with Gasteiger partial charge in [0, 0.05) is 26.7 Å². The summed E-state index contributed by atoms with van der Waals surface area (Å²) in [5.41, 5.74) is 1.62. The molecule has 6 nitrogen and oxygen atoms in total. The Morgan fingerprint density at radius 1 is 1.32 bits per heavy atom. The van der Waals surface area contributed by atoms with Gasteiger partial charge in [-0.1, -0.05) is 29.8 Å². The molecule has 2 aromatic rings. The van der Waals surface area contributed by atoms with E-state index in [0.717, 1.165) is 5.56 Å². The quantitative estimate of drug-likeness (QED) is 0.884. The molecular formula is C13H16Cl2N4O2S. The first-order chi connectivity index (χ1) is 10.0. The number of anilines is 1. The van der Waals surface area contributed by atoms with Crippen molar-refractivity contribution < 1.29 is 8.42 Å². The van der Waals surface area contributed by atoms with E-state index in [9.17, 15) is 8.42 Å². The third-order valence-corrected chi connectivity index (χ3v) is 5.77. The molecule has 0 fully saturated rings. The number of aryl methyl sites for hydroxylation is 1. The first-order valence-electron chi connectivity index (χ1n) is 6.50. The third kappa shape index (κ3) is 2.81. The number of benzene rings is 1. The van der Waals surface area contributed by atoms with E-state index in [1.807, 2.05) is 24.3 Å². The number of para-hydroxylation sites is 1. The van der Waals surface area contributed by atoms with Crippen LogP contribution in [0.15, 0.2) is 35.5 Å². The smallest absolute Gasteiger partial charge is 0.283 e. The summed E-state index contributed by atoms with van der Waals surface area (Å²) in [6, 6.07) is 7.45. The molecule has 0 radical (unpaired) electrons. The second kappa shape index (κ2) is 6.45. The minimum atomic E-state index is -3.75. The summed E-state index contributed by atoms with van der Waals surface area (Å²) in [7, 11) is -2.18. The summed E-state index contributed by atoms with van der Waals surface area (Å²) in [5.74, 6) is 0. The molecule has 0 spiro atoms. The van der Waals surface area contributed by atoms with Crippen molar-refractivity contribution in [2.45, 2.75) is 11.6 Å². The van der Waals surface area contributed by atoms with Crippen molar-refractivity contribution in [3.63, 3.8) is 0 Å². The van der Waals surface area contributed by atoms with Gasteiger partial charge in [-0.25, -0.2) is 0 Å². The number of aromatic nitrogens is 2. The molecule has 9 heteroatoms. The lowest BCUT2D eigenvalue weighted by molar-refractivity contribution is 0.571. The number of hydrogen-bond donors (Lipinski definition) is 1. The molecule has 22 heavy (non-hydrogen) atoms. The Labute approximate surface area is 140 Å². The molecule has 2 heterocycles. The van der Waals surface area contributed by atoms with Crippen LogP contribution in [0.4, 0.5) is 5.69 Å². The van der Waals surface area contributed by atoms with Gasteiger partial charge < -0.3 is 5.32 Å². The minimum absolute atomic E-state index is 0. The van der Waals surface area contributed by atoms with E-state index < -0.39 is 10.0 Å². The van der Waals surface area contributed by atoms with Gasteiger partial charge in [0.05, 0.1) is 16.9 Å². The van der Waals surface area contributed by atoms with E-state index in [1.54, 1.807) is 7.05 Å². The van der Waals surface area contributed by atoms with E-state index >= 15 is 0 Å². The van der Waals surface area contributed by atoms with Gasteiger partial charge in [-0.2, -0.15) is 13.5 Å². The first-order valence-corrected chi connectivity index (χ1v) is 8.32. The fourth-order valence-corrected chi connectivity index (χ4v) is 4.59. The van der Waals surface area contributed by atoms with E-state index in [0.29, 0.717) is 25.3 Å². The summed E-state index contributed by atoms with van der Waals surface area (Å²) in [6.07, 6.45) is 1.34. The van der Waals surface area contributed by atoms with Gasteiger partial charge in [0.1, 0.15) is 0 Å². The second-order valence-electron chi connectivity index (χ2n) is 4.80. The molecule has 0 atom stereocenters. The van der Waals surface area contributed by atoms with Crippen molar-refractivity contribution in [3.05, 3.63) is 41.0 Å². The molecule has 0 saturated heterocycles. The molecule has 0 bridgehead atoms. The fourth-order valence-electron chi connectivity index (χ4n) is 2.47.